The summed E-state index contributed by atoms with van der Waals surface area (Å²) in [7, 11) is 0. The van der Waals surface area contributed by atoms with E-state index in [-0.39, 0.29) is 6.03 Å². The van der Waals surface area contributed by atoms with E-state index < -0.39 is 0 Å². The van der Waals surface area contributed by atoms with Crippen LogP contribution in [0.1, 0.15) is 22.4 Å². The number of nitrogens with one attached hydrogen (secondary N) is 1. The minimum Gasteiger partial charge on any atom is -0.489 e. The number of rotatable bonds is 9. The van der Waals surface area contributed by atoms with Gasteiger partial charge in [-0.3, -0.25) is 4.98 Å². The number of carbonyl (C=O) groups is 1. The van der Waals surface area contributed by atoms with Crippen LogP contribution in [0.25, 0.3) is 0 Å². The summed E-state index contributed by atoms with van der Waals surface area (Å²) in [6.45, 7) is 3.54. The number of pyridine rings is 1. The smallest absolute Gasteiger partial charge is 0.322 e. The normalized spacial score (nSPS) is 10.5. The average Bonchev–Trinajstić information content (AvgIpc) is 2.88. The molecule has 0 fully saturated rings. The molecule has 5 nitrogen and oxygen atoms in total. The highest BCUT2D eigenvalue weighted by Crippen LogP contribution is 2.18. The van der Waals surface area contributed by atoms with Gasteiger partial charge in [0.15, 0.2) is 0 Å². The Morgan fingerprint density at radius 2 is 1.65 bits per heavy atom. The lowest BCUT2D eigenvalue weighted by Gasteiger charge is -2.23. The highest BCUT2D eigenvalue weighted by atomic mass is 16.5. The zero-order valence-corrected chi connectivity index (χ0v) is 19.4. The van der Waals surface area contributed by atoms with Gasteiger partial charge in [-0.2, -0.15) is 0 Å². The van der Waals surface area contributed by atoms with E-state index in [0.29, 0.717) is 26.1 Å². The summed E-state index contributed by atoms with van der Waals surface area (Å²) in [6.07, 6.45) is 2.45. The fourth-order valence-corrected chi connectivity index (χ4v) is 3.58. The summed E-state index contributed by atoms with van der Waals surface area (Å²) in [4.78, 5) is 19.4. The van der Waals surface area contributed by atoms with Crippen LogP contribution in [-0.2, 0) is 19.6 Å². The standard InChI is InChI=1S/C29H29N3O2/c1-23-13-15-27(16-14-23)31-29(33)32(19-17-26-11-5-6-18-30-26)21-25-10-7-12-28(20-25)34-22-24-8-3-2-4-9-24/h2-16,18,20H,17,19,21-22H2,1H3,(H,31,33). The minimum absolute atomic E-state index is 0.143. The molecule has 4 rings (SSSR count). The van der Waals surface area contributed by atoms with Crippen molar-refractivity contribution in [3.05, 3.63) is 126 Å². The van der Waals surface area contributed by atoms with Crippen molar-refractivity contribution in [3.63, 3.8) is 0 Å². The van der Waals surface area contributed by atoms with Gasteiger partial charge in [0.25, 0.3) is 0 Å². The summed E-state index contributed by atoms with van der Waals surface area (Å²) in [5, 5.41) is 3.02. The summed E-state index contributed by atoms with van der Waals surface area (Å²) >= 11 is 0. The summed E-state index contributed by atoms with van der Waals surface area (Å²) < 4.78 is 5.98. The van der Waals surface area contributed by atoms with E-state index in [0.717, 1.165) is 33.8 Å². The molecule has 0 radical (unpaired) electrons. The monoisotopic (exact) mass is 451 g/mol. The topological polar surface area (TPSA) is 54.5 Å². The molecule has 2 amide bonds. The Labute approximate surface area is 201 Å². The van der Waals surface area contributed by atoms with Crippen LogP contribution in [0.4, 0.5) is 10.5 Å². The number of benzene rings is 3. The van der Waals surface area contributed by atoms with Gasteiger partial charge in [-0.15, -0.1) is 0 Å². The van der Waals surface area contributed by atoms with Crippen LogP contribution in [0.3, 0.4) is 0 Å². The number of nitrogens with zero attached hydrogens (tertiary/aromatic N) is 2. The SMILES string of the molecule is Cc1ccc(NC(=O)N(CCc2ccccn2)Cc2cccc(OCc3ccccc3)c2)cc1. The molecule has 0 atom stereocenters. The number of aromatic nitrogens is 1. The maximum absolute atomic E-state index is 13.2. The van der Waals surface area contributed by atoms with Gasteiger partial charge in [-0.05, 0) is 54.4 Å². The molecule has 0 unspecified atom stereocenters. The predicted molar refractivity (Wildman–Crippen MR) is 136 cm³/mol. The Morgan fingerprint density at radius 1 is 0.882 bits per heavy atom. The number of ether oxygens (including phenoxy) is 1. The molecule has 5 heteroatoms. The molecule has 0 saturated heterocycles. The number of hydrogen-bond acceptors (Lipinski definition) is 3. The molecular formula is C29H29N3O2. The van der Waals surface area contributed by atoms with Gasteiger partial charge < -0.3 is 15.0 Å². The molecule has 0 aliphatic carbocycles. The van der Waals surface area contributed by atoms with Crippen molar-refractivity contribution in [2.45, 2.75) is 26.5 Å². The van der Waals surface area contributed by atoms with Crippen molar-refractivity contribution in [1.82, 2.24) is 9.88 Å². The van der Waals surface area contributed by atoms with Crippen molar-refractivity contribution in [3.8, 4) is 5.75 Å². The van der Waals surface area contributed by atoms with E-state index in [9.17, 15) is 4.79 Å². The maximum atomic E-state index is 13.2. The van der Waals surface area contributed by atoms with Crippen LogP contribution in [0.15, 0.2) is 103 Å². The van der Waals surface area contributed by atoms with Gasteiger partial charge >= 0.3 is 6.03 Å². The molecule has 1 aromatic heterocycles. The maximum Gasteiger partial charge on any atom is 0.322 e. The number of amides is 2. The quantitative estimate of drug-likeness (QED) is 0.327. The van der Waals surface area contributed by atoms with Gasteiger partial charge in [0.1, 0.15) is 12.4 Å². The lowest BCUT2D eigenvalue weighted by atomic mass is 10.2. The van der Waals surface area contributed by atoms with Crippen LogP contribution in [0, 0.1) is 6.92 Å². The third-order valence-corrected chi connectivity index (χ3v) is 5.47. The van der Waals surface area contributed by atoms with Crippen molar-refractivity contribution < 1.29 is 9.53 Å². The van der Waals surface area contributed by atoms with Gasteiger partial charge in [-0.1, -0.05) is 66.2 Å². The van der Waals surface area contributed by atoms with E-state index in [2.05, 4.69) is 10.3 Å². The molecule has 4 aromatic rings. The van der Waals surface area contributed by atoms with Crippen molar-refractivity contribution in [1.29, 1.82) is 0 Å². The number of urea groups is 1. The van der Waals surface area contributed by atoms with Gasteiger partial charge in [0, 0.05) is 37.1 Å². The first-order valence-electron chi connectivity index (χ1n) is 11.4. The molecule has 0 spiro atoms. The lowest BCUT2D eigenvalue weighted by Crippen LogP contribution is -2.36. The molecule has 1 N–H and O–H groups in total. The van der Waals surface area contributed by atoms with Crippen molar-refractivity contribution in [2.24, 2.45) is 0 Å². The molecule has 172 valence electrons. The zero-order valence-electron chi connectivity index (χ0n) is 19.4. The van der Waals surface area contributed by atoms with E-state index in [1.165, 1.54) is 0 Å². The van der Waals surface area contributed by atoms with E-state index in [1.54, 1.807) is 6.20 Å². The molecule has 0 aliphatic rings. The zero-order chi connectivity index (χ0) is 23.6. The second-order valence-electron chi connectivity index (χ2n) is 8.21. The Hall–Kier alpha value is -4.12. The molecule has 1 heterocycles. The fraction of sp³-hybridized carbons (Fsp3) is 0.172. The van der Waals surface area contributed by atoms with E-state index in [4.69, 9.17) is 4.74 Å². The Morgan fingerprint density at radius 3 is 2.41 bits per heavy atom. The third-order valence-electron chi connectivity index (χ3n) is 5.47. The molecule has 0 saturated carbocycles. The second kappa shape index (κ2) is 11.7. The van der Waals surface area contributed by atoms with E-state index in [1.807, 2.05) is 109 Å². The second-order valence-corrected chi connectivity index (χ2v) is 8.21. The van der Waals surface area contributed by atoms with Gasteiger partial charge in [0.05, 0.1) is 0 Å². The van der Waals surface area contributed by atoms with Crippen molar-refractivity contribution >= 4 is 11.7 Å². The van der Waals surface area contributed by atoms with E-state index >= 15 is 0 Å². The van der Waals surface area contributed by atoms with Gasteiger partial charge in [-0.25, -0.2) is 4.79 Å². The summed E-state index contributed by atoms with van der Waals surface area (Å²) in [5.41, 5.74) is 5.00. The minimum atomic E-state index is -0.143. The summed E-state index contributed by atoms with van der Waals surface area (Å²) in [5.74, 6) is 0.782. The first kappa shape index (κ1) is 23.1. The predicted octanol–water partition coefficient (Wildman–Crippen LogP) is 6.25. The average molecular weight is 452 g/mol. The first-order valence-corrected chi connectivity index (χ1v) is 11.4. The van der Waals surface area contributed by atoms with Crippen LogP contribution >= 0.6 is 0 Å². The largest absolute Gasteiger partial charge is 0.489 e. The third kappa shape index (κ3) is 6.94. The molecule has 3 aromatic carbocycles. The summed E-state index contributed by atoms with van der Waals surface area (Å²) in [6, 6.07) is 31.5. The Kier molecular flexibility index (Phi) is 7.90. The molecular weight excluding hydrogens is 422 g/mol. The van der Waals surface area contributed by atoms with Crippen LogP contribution in [0.2, 0.25) is 0 Å². The number of anilines is 1. The van der Waals surface area contributed by atoms with Gasteiger partial charge in [0.2, 0.25) is 0 Å². The molecule has 0 aliphatic heterocycles. The Balaban J connectivity index is 1.45. The lowest BCUT2D eigenvalue weighted by molar-refractivity contribution is 0.209. The van der Waals surface area contributed by atoms with Crippen LogP contribution < -0.4 is 10.1 Å². The molecule has 34 heavy (non-hydrogen) atoms. The number of carbonyl (C=O) groups excluding carboxylic acids is 1. The fourth-order valence-electron chi connectivity index (χ4n) is 3.58. The Bertz CT molecular complexity index is 1180. The number of aryl methyl sites for hydroxylation is 1. The first-order chi connectivity index (χ1) is 16.7. The van der Waals surface area contributed by atoms with Crippen molar-refractivity contribution in [2.75, 3.05) is 11.9 Å². The van der Waals surface area contributed by atoms with Crippen LogP contribution in [0.5, 0.6) is 5.75 Å². The highest BCUT2D eigenvalue weighted by molar-refractivity contribution is 5.89. The highest BCUT2D eigenvalue weighted by Gasteiger charge is 2.15. The molecule has 0 bridgehead atoms. The number of hydrogen-bond donors (Lipinski definition) is 1. The van der Waals surface area contributed by atoms with Crippen LogP contribution in [-0.4, -0.2) is 22.5 Å².